The maximum atomic E-state index is 11.4. The largest absolute Gasteiger partial charge is 0.460 e. The molecule has 0 bridgehead atoms. The lowest BCUT2D eigenvalue weighted by molar-refractivity contribution is -0.141. The van der Waals surface area contributed by atoms with Gasteiger partial charge in [0.2, 0.25) is 5.76 Å². The molecule has 0 atom stereocenters. The van der Waals surface area contributed by atoms with Crippen LogP contribution in [0.2, 0.25) is 0 Å². The zero-order valence-electron chi connectivity index (χ0n) is 9.44. The van der Waals surface area contributed by atoms with Gasteiger partial charge in [-0.2, -0.15) is 0 Å². The van der Waals surface area contributed by atoms with Gasteiger partial charge in [-0.15, -0.1) is 0 Å². The first-order valence-corrected chi connectivity index (χ1v) is 5.33. The Morgan fingerprint density at radius 1 is 1.31 bits per heavy atom. The fourth-order valence-corrected chi connectivity index (χ4v) is 1.06. The minimum absolute atomic E-state index is 0.0160. The lowest BCUT2D eigenvalue weighted by atomic mass is 10.3. The summed E-state index contributed by atoms with van der Waals surface area (Å²) in [6.07, 6.45) is 1.84. The van der Waals surface area contributed by atoms with Crippen molar-refractivity contribution in [1.82, 2.24) is 0 Å². The van der Waals surface area contributed by atoms with Crippen LogP contribution in [0.25, 0.3) is 0 Å². The molecule has 0 amide bonds. The quantitative estimate of drug-likeness (QED) is 0.320. The van der Waals surface area contributed by atoms with E-state index < -0.39 is 5.97 Å². The molecule has 3 nitrogen and oxygen atoms in total. The van der Waals surface area contributed by atoms with Gasteiger partial charge in [-0.25, -0.2) is 4.79 Å². The summed E-state index contributed by atoms with van der Waals surface area (Å²) in [6, 6.07) is 9.03. The Bertz CT molecular complexity index is 343. The Labute approximate surface area is 95.7 Å². The number of rotatable bonds is 6. The first kappa shape index (κ1) is 12.3. The van der Waals surface area contributed by atoms with Gasteiger partial charge in [-0.1, -0.05) is 31.5 Å². The lowest BCUT2D eigenvalue weighted by Gasteiger charge is -2.08. The number of benzene rings is 1. The summed E-state index contributed by atoms with van der Waals surface area (Å²) in [5.41, 5.74) is 0. The highest BCUT2D eigenvalue weighted by molar-refractivity contribution is 5.86. The number of carbonyl (C=O) groups is 1. The molecule has 0 fully saturated rings. The topological polar surface area (TPSA) is 35.5 Å². The van der Waals surface area contributed by atoms with Gasteiger partial charge in [-0.05, 0) is 25.1 Å². The number of esters is 1. The van der Waals surface area contributed by atoms with E-state index in [9.17, 15) is 4.79 Å². The molecule has 86 valence electrons. The molecule has 3 heteroatoms. The van der Waals surface area contributed by atoms with E-state index in [0.717, 1.165) is 12.8 Å². The van der Waals surface area contributed by atoms with E-state index in [1.165, 1.54) is 0 Å². The van der Waals surface area contributed by atoms with Gasteiger partial charge in [-0.3, -0.25) is 0 Å². The molecular weight excluding hydrogens is 204 g/mol. The smallest absolute Gasteiger partial charge is 0.373 e. The average Bonchev–Trinajstić information content (AvgIpc) is 2.30. The van der Waals surface area contributed by atoms with E-state index in [1.54, 1.807) is 12.1 Å². The minimum Gasteiger partial charge on any atom is -0.460 e. The van der Waals surface area contributed by atoms with Crippen LogP contribution in [-0.2, 0) is 9.53 Å². The predicted octanol–water partition coefficient (Wildman–Crippen LogP) is 2.92. The summed E-state index contributed by atoms with van der Waals surface area (Å²) in [7, 11) is 0. The molecule has 16 heavy (non-hydrogen) atoms. The summed E-state index contributed by atoms with van der Waals surface area (Å²) in [5.74, 6) is 0.0968. The van der Waals surface area contributed by atoms with Crippen molar-refractivity contribution in [1.29, 1.82) is 0 Å². The third-order valence-electron chi connectivity index (χ3n) is 1.94. The second-order valence-corrected chi connectivity index (χ2v) is 3.33. The Hall–Kier alpha value is -1.77. The first-order chi connectivity index (χ1) is 7.74. The summed E-state index contributed by atoms with van der Waals surface area (Å²) in [5, 5.41) is 0. The molecule has 0 aliphatic rings. The van der Waals surface area contributed by atoms with Crippen LogP contribution in [0.4, 0.5) is 0 Å². The van der Waals surface area contributed by atoms with Gasteiger partial charge in [0.25, 0.3) is 0 Å². The first-order valence-electron chi connectivity index (χ1n) is 5.33. The van der Waals surface area contributed by atoms with Crippen LogP contribution in [0.3, 0.4) is 0 Å². The van der Waals surface area contributed by atoms with Gasteiger partial charge in [0.15, 0.2) is 0 Å². The van der Waals surface area contributed by atoms with Crippen LogP contribution in [0.15, 0.2) is 42.7 Å². The Kier molecular flexibility index (Phi) is 5.12. The SMILES string of the molecule is C=C(Oc1ccccc1)C(=O)OCCCC. The molecule has 0 N–H and O–H groups in total. The van der Waals surface area contributed by atoms with E-state index in [-0.39, 0.29) is 5.76 Å². The van der Waals surface area contributed by atoms with Crippen molar-refractivity contribution < 1.29 is 14.3 Å². The van der Waals surface area contributed by atoms with Crippen LogP contribution < -0.4 is 4.74 Å². The molecule has 0 saturated heterocycles. The molecule has 1 aromatic rings. The normalized spacial score (nSPS) is 9.56. The Balaban J connectivity index is 2.38. The molecular formula is C13H16O3. The van der Waals surface area contributed by atoms with Crippen molar-refractivity contribution in [3.8, 4) is 5.75 Å². The minimum atomic E-state index is -0.502. The monoisotopic (exact) mass is 220 g/mol. The molecule has 0 saturated carbocycles. The highest BCUT2D eigenvalue weighted by Crippen LogP contribution is 2.12. The fourth-order valence-electron chi connectivity index (χ4n) is 1.06. The average molecular weight is 220 g/mol. The van der Waals surface area contributed by atoms with Crippen LogP contribution in [0, 0.1) is 0 Å². The number of hydrogen-bond donors (Lipinski definition) is 0. The van der Waals surface area contributed by atoms with Crippen LogP contribution in [0.5, 0.6) is 5.75 Å². The molecule has 0 aromatic heterocycles. The van der Waals surface area contributed by atoms with Crippen molar-refractivity contribution in [2.24, 2.45) is 0 Å². The third kappa shape index (κ3) is 4.17. The second kappa shape index (κ2) is 6.67. The Morgan fingerprint density at radius 2 is 2.00 bits per heavy atom. The maximum Gasteiger partial charge on any atom is 0.373 e. The van der Waals surface area contributed by atoms with Crippen molar-refractivity contribution in [2.45, 2.75) is 19.8 Å². The van der Waals surface area contributed by atoms with E-state index in [1.807, 2.05) is 25.1 Å². The maximum absolute atomic E-state index is 11.4. The standard InChI is InChI=1S/C13H16O3/c1-3-4-10-15-13(14)11(2)16-12-8-6-5-7-9-12/h5-9H,2-4,10H2,1H3. The number of carbonyl (C=O) groups excluding carboxylic acids is 1. The lowest BCUT2D eigenvalue weighted by Crippen LogP contribution is -2.12. The number of unbranched alkanes of at least 4 members (excludes halogenated alkanes) is 1. The molecule has 1 rings (SSSR count). The Morgan fingerprint density at radius 3 is 2.62 bits per heavy atom. The summed E-state index contributed by atoms with van der Waals surface area (Å²) < 4.78 is 10.2. The van der Waals surface area contributed by atoms with Crippen LogP contribution in [-0.4, -0.2) is 12.6 Å². The van der Waals surface area contributed by atoms with Gasteiger partial charge in [0, 0.05) is 0 Å². The summed E-state index contributed by atoms with van der Waals surface area (Å²) >= 11 is 0. The zero-order chi connectivity index (χ0) is 11.8. The number of para-hydroxylation sites is 1. The highest BCUT2D eigenvalue weighted by atomic mass is 16.6. The van der Waals surface area contributed by atoms with E-state index in [0.29, 0.717) is 12.4 Å². The van der Waals surface area contributed by atoms with Crippen molar-refractivity contribution in [3.63, 3.8) is 0 Å². The van der Waals surface area contributed by atoms with Crippen molar-refractivity contribution in [3.05, 3.63) is 42.7 Å². The molecule has 0 aliphatic heterocycles. The van der Waals surface area contributed by atoms with Gasteiger partial charge >= 0.3 is 5.97 Å². The van der Waals surface area contributed by atoms with Gasteiger partial charge in [0.1, 0.15) is 5.75 Å². The van der Waals surface area contributed by atoms with Gasteiger partial charge < -0.3 is 9.47 Å². The van der Waals surface area contributed by atoms with Crippen LogP contribution in [0.1, 0.15) is 19.8 Å². The van der Waals surface area contributed by atoms with Crippen molar-refractivity contribution in [2.75, 3.05) is 6.61 Å². The third-order valence-corrected chi connectivity index (χ3v) is 1.94. The van der Waals surface area contributed by atoms with Crippen molar-refractivity contribution >= 4 is 5.97 Å². The van der Waals surface area contributed by atoms with E-state index in [2.05, 4.69) is 6.58 Å². The summed E-state index contributed by atoms with van der Waals surface area (Å²) in [4.78, 5) is 11.4. The second-order valence-electron chi connectivity index (χ2n) is 3.33. The molecule has 0 spiro atoms. The predicted molar refractivity (Wildman–Crippen MR) is 62.1 cm³/mol. The fraction of sp³-hybridized carbons (Fsp3) is 0.308. The van der Waals surface area contributed by atoms with Crippen LogP contribution >= 0.6 is 0 Å². The van der Waals surface area contributed by atoms with E-state index >= 15 is 0 Å². The zero-order valence-corrected chi connectivity index (χ0v) is 9.44. The number of hydrogen-bond acceptors (Lipinski definition) is 3. The molecule has 0 heterocycles. The highest BCUT2D eigenvalue weighted by Gasteiger charge is 2.10. The number of ether oxygens (including phenoxy) is 2. The van der Waals surface area contributed by atoms with E-state index in [4.69, 9.17) is 9.47 Å². The molecule has 0 unspecified atom stereocenters. The molecule has 0 radical (unpaired) electrons. The van der Waals surface area contributed by atoms with Gasteiger partial charge in [0.05, 0.1) is 6.61 Å². The summed E-state index contributed by atoms with van der Waals surface area (Å²) in [6.45, 7) is 5.97. The molecule has 1 aromatic carbocycles. The molecule has 0 aliphatic carbocycles.